The van der Waals surface area contributed by atoms with Crippen molar-refractivity contribution in [1.29, 1.82) is 0 Å². The molecule has 1 aromatic heterocycles. The number of hydrogen-bond acceptors (Lipinski definition) is 3. The fourth-order valence-electron chi connectivity index (χ4n) is 3.03. The van der Waals surface area contributed by atoms with Gasteiger partial charge in [0.05, 0.1) is 6.33 Å². The molecular weight excluding hydrogens is 286 g/mol. The molecule has 112 valence electrons. The van der Waals surface area contributed by atoms with E-state index in [1.807, 2.05) is 18.2 Å². The molecule has 1 N–H and O–H groups in total. The van der Waals surface area contributed by atoms with Crippen molar-refractivity contribution in [3.63, 3.8) is 0 Å². The van der Waals surface area contributed by atoms with Crippen molar-refractivity contribution in [3.8, 4) is 0 Å². The molecule has 6 heteroatoms. The molecular formula is C15H19N3O2S. The zero-order chi connectivity index (χ0) is 15.3. The molecule has 1 aromatic carbocycles. The first kappa shape index (κ1) is 14.3. The summed E-state index contributed by atoms with van der Waals surface area (Å²) >= 11 is 0. The van der Waals surface area contributed by atoms with E-state index in [0.29, 0.717) is 0 Å². The van der Waals surface area contributed by atoms with Crippen LogP contribution in [0.2, 0.25) is 0 Å². The van der Waals surface area contributed by atoms with E-state index in [2.05, 4.69) is 29.6 Å². The van der Waals surface area contributed by atoms with Gasteiger partial charge < -0.3 is 4.57 Å². The molecule has 3 rings (SSSR count). The van der Waals surface area contributed by atoms with Crippen LogP contribution in [0.4, 0.5) is 0 Å². The van der Waals surface area contributed by atoms with E-state index < -0.39 is 10.0 Å². The molecule has 0 amide bonds. The second kappa shape index (κ2) is 4.68. The summed E-state index contributed by atoms with van der Waals surface area (Å²) in [5.74, 6) is 0. The van der Waals surface area contributed by atoms with Crippen LogP contribution in [0.1, 0.15) is 37.4 Å². The van der Waals surface area contributed by atoms with Gasteiger partial charge in [0.25, 0.3) is 10.0 Å². The second-order valence-electron chi connectivity index (χ2n) is 6.23. The van der Waals surface area contributed by atoms with E-state index in [4.69, 9.17) is 0 Å². The summed E-state index contributed by atoms with van der Waals surface area (Å²) in [6, 6.07) is 7.81. The van der Waals surface area contributed by atoms with Crippen LogP contribution in [-0.2, 0) is 22.5 Å². The molecule has 0 radical (unpaired) electrons. The standard InChI is InChI=1S/C15H19N3O2S/c1-15(2)8-13(11-6-4-5-7-12(11)15)17-21(19,20)14-9-18(3)10-16-14/h4-7,9-10,13,17H,8H2,1-3H3. The van der Waals surface area contributed by atoms with Gasteiger partial charge in [-0.2, -0.15) is 0 Å². The molecule has 21 heavy (non-hydrogen) atoms. The molecule has 0 saturated heterocycles. The Bertz CT molecular complexity index is 778. The van der Waals surface area contributed by atoms with Gasteiger partial charge in [-0.05, 0) is 23.0 Å². The largest absolute Gasteiger partial charge is 0.339 e. The van der Waals surface area contributed by atoms with Crippen LogP contribution < -0.4 is 4.72 Å². The Morgan fingerprint density at radius 3 is 2.71 bits per heavy atom. The number of rotatable bonds is 3. The highest BCUT2D eigenvalue weighted by atomic mass is 32.2. The van der Waals surface area contributed by atoms with E-state index >= 15 is 0 Å². The van der Waals surface area contributed by atoms with Crippen LogP contribution in [0.3, 0.4) is 0 Å². The highest BCUT2D eigenvalue weighted by molar-refractivity contribution is 7.89. The molecule has 0 spiro atoms. The predicted octanol–water partition coefficient (Wildman–Crippen LogP) is 2.12. The van der Waals surface area contributed by atoms with Crippen LogP contribution in [0, 0.1) is 0 Å². The minimum atomic E-state index is -3.60. The highest BCUT2D eigenvalue weighted by Crippen LogP contribution is 2.44. The van der Waals surface area contributed by atoms with Crippen molar-refractivity contribution in [2.45, 2.75) is 36.8 Å². The lowest BCUT2D eigenvalue weighted by Gasteiger charge is -2.19. The summed E-state index contributed by atoms with van der Waals surface area (Å²) in [7, 11) is -1.85. The number of fused-ring (bicyclic) bond motifs is 1. The normalized spacial score (nSPS) is 20.4. The van der Waals surface area contributed by atoms with Gasteiger partial charge in [0.2, 0.25) is 0 Å². The Labute approximate surface area is 125 Å². The predicted molar refractivity (Wildman–Crippen MR) is 80.4 cm³/mol. The molecule has 5 nitrogen and oxygen atoms in total. The van der Waals surface area contributed by atoms with Crippen LogP contribution in [-0.4, -0.2) is 18.0 Å². The third-order valence-electron chi connectivity index (χ3n) is 4.03. The maximum Gasteiger partial charge on any atom is 0.260 e. The molecule has 0 bridgehead atoms. The van der Waals surface area contributed by atoms with Crippen LogP contribution >= 0.6 is 0 Å². The lowest BCUT2D eigenvalue weighted by molar-refractivity contribution is 0.458. The zero-order valence-corrected chi connectivity index (χ0v) is 13.2. The van der Waals surface area contributed by atoms with Gasteiger partial charge in [0, 0.05) is 19.3 Å². The Hall–Kier alpha value is -1.66. The maximum absolute atomic E-state index is 12.4. The summed E-state index contributed by atoms with van der Waals surface area (Å²) < 4.78 is 29.3. The molecule has 1 aliphatic carbocycles. The van der Waals surface area contributed by atoms with E-state index in [1.54, 1.807) is 11.6 Å². The molecule has 1 unspecified atom stereocenters. The number of aryl methyl sites for hydroxylation is 1. The van der Waals surface area contributed by atoms with Crippen molar-refractivity contribution < 1.29 is 8.42 Å². The number of hydrogen-bond donors (Lipinski definition) is 1. The second-order valence-corrected chi connectivity index (χ2v) is 7.89. The minimum Gasteiger partial charge on any atom is -0.339 e. The van der Waals surface area contributed by atoms with Gasteiger partial charge in [0.1, 0.15) is 0 Å². The van der Waals surface area contributed by atoms with Crippen LogP contribution in [0.25, 0.3) is 0 Å². The molecule has 1 heterocycles. The molecule has 0 saturated carbocycles. The van der Waals surface area contributed by atoms with Gasteiger partial charge in [-0.15, -0.1) is 0 Å². The first-order valence-corrected chi connectivity index (χ1v) is 8.38. The SMILES string of the molecule is Cn1cnc(S(=O)(=O)NC2CC(C)(C)c3ccccc32)c1. The molecule has 2 aromatic rings. The topological polar surface area (TPSA) is 64.0 Å². The summed E-state index contributed by atoms with van der Waals surface area (Å²) in [6.45, 7) is 4.28. The highest BCUT2D eigenvalue weighted by Gasteiger charge is 2.38. The summed E-state index contributed by atoms with van der Waals surface area (Å²) in [6.07, 6.45) is 3.74. The summed E-state index contributed by atoms with van der Waals surface area (Å²) in [5.41, 5.74) is 2.23. The van der Waals surface area contributed by atoms with Gasteiger partial charge >= 0.3 is 0 Å². The van der Waals surface area contributed by atoms with Crippen molar-refractivity contribution in [1.82, 2.24) is 14.3 Å². The van der Waals surface area contributed by atoms with Gasteiger partial charge in [-0.25, -0.2) is 18.1 Å². The number of benzene rings is 1. The Balaban J connectivity index is 1.94. The third kappa shape index (κ3) is 2.49. The van der Waals surface area contributed by atoms with Gasteiger partial charge in [0.15, 0.2) is 5.03 Å². The number of aromatic nitrogens is 2. The van der Waals surface area contributed by atoms with E-state index in [0.717, 1.165) is 12.0 Å². The van der Waals surface area contributed by atoms with Crippen LogP contribution in [0.15, 0.2) is 41.8 Å². The number of nitrogens with one attached hydrogen (secondary N) is 1. The quantitative estimate of drug-likeness (QED) is 0.944. The average Bonchev–Trinajstić information content (AvgIpc) is 2.94. The number of sulfonamides is 1. The van der Waals surface area contributed by atoms with E-state index in [9.17, 15) is 8.42 Å². The maximum atomic E-state index is 12.4. The minimum absolute atomic E-state index is 0.0338. The van der Waals surface area contributed by atoms with E-state index in [-0.39, 0.29) is 16.5 Å². The van der Waals surface area contributed by atoms with Crippen LogP contribution in [0.5, 0.6) is 0 Å². The average molecular weight is 305 g/mol. The number of imidazole rings is 1. The van der Waals surface area contributed by atoms with Crippen molar-refractivity contribution >= 4 is 10.0 Å². The van der Waals surface area contributed by atoms with Gasteiger partial charge in [-0.1, -0.05) is 38.1 Å². The fraction of sp³-hybridized carbons (Fsp3) is 0.400. The molecule has 1 atom stereocenters. The first-order valence-electron chi connectivity index (χ1n) is 6.89. The molecule has 1 aliphatic rings. The summed E-state index contributed by atoms with van der Waals surface area (Å²) in [5, 5.41) is 0.0622. The Morgan fingerprint density at radius 2 is 2.05 bits per heavy atom. The lowest BCUT2D eigenvalue weighted by atomic mass is 9.87. The lowest BCUT2D eigenvalue weighted by Crippen LogP contribution is -2.28. The Morgan fingerprint density at radius 1 is 1.33 bits per heavy atom. The fourth-order valence-corrected chi connectivity index (χ4v) is 4.22. The monoisotopic (exact) mass is 305 g/mol. The molecule has 0 fully saturated rings. The van der Waals surface area contributed by atoms with Crippen molar-refractivity contribution in [3.05, 3.63) is 47.9 Å². The first-order chi connectivity index (χ1) is 9.79. The van der Waals surface area contributed by atoms with E-state index in [1.165, 1.54) is 18.1 Å². The van der Waals surface area contributed by atoms with Gasteiger partial charge in [-0.3, -0.25) is 0 Å². The zero-order valence-electron chi connectivity index (χ0n) is 12.4. The number of nitrogens with zero attached hydrogens (tertiary/aromatic N) is 2. The Kier molecular flexibility index (Phi) is 3.18. The third-order valence-corrected chi connectivity index (χ3v) is 5.39. The smallest absolute Gasteiger partial charge is 0.260 e. The van der Waals surface area contributed by atoms with Crippen molar-refractivity contribution in [2.24, 2.45) is 7.05 Å². The summed E-state index contributed by atoms with van der Waals surface area (Å²) in [4.78, 5) is 3.93. The van der Waals surface area contributed by atoms with Crippen molar-refractivity contribution in [2.75, 3.05) is 0 Å². The molecule has 0 aliphatic heterocycles.